The van der Waals surface area contributed by atoms with Crippen molar-refractivity contribution in [1.82, 2.24) is 0 Å². The van der Waals surface area contributed by atoms with E-state index in [0.717, 1.165) is 6.42 Å². The topological polar surface area (TPSA) is 0 Å². The summed E-state index contributed by atoms with van der Waals surface area (Å²) in [5.74, 6) is 0. The molecule has 1 radical (unpaired) electrons. The highest BCUT2D eigenvalue weighted by atomic mass is 27.0. The van der Waals surface area contributed by atoms with Gasteiger partial charge in [-0.1, -0.05) is 43.2 Å². The highest BCUT2D eigenvalue weighted by molar-refractivity contribution is 5.75. The third-order valence-corrected chi connectivity index (χ3v) is 1.84. The van der Waals surface area contributed by atoms with Gasteiger partial charge in [0.1, 0.15) is 0 Å². The lowest BCUT2D eigenvalue weighted by atomic mass is 10.1. The first-order valence-electron chi connectivity index (χ1n) is 4.17. The molecule has 1 aromatic carbocycles. The van der Waals surface area contributed by atoms with Crippen molar-refractivity contribution in [2.24, 2.45) is 0 Å². The molecule has 0 fully saturated rings. The van der Waals surface area contributed by atoms with Crippen molar-refractivity contribution >= 4 is 17.4 Å². The standard InChI is InChI=1S/C11H15.Al.3H/c1-3-4-5-11-8-6-10(2)7-9-11;;;;/h6-9H,1,3-5H2,2H3;;;;. The molecule has 0 saturated heterocycles. The molecule has 12 heavy (non-hydrogen) atoms. The van der Waals surface area contributed by atoms with Gasteiger partial charge in [0.25, 0.3) is 0 Å². The second-order valence-electron chi connectivity index (χ2n) is 2.94. The van der Waals surface area contributed by atoms with Crippen LogP contribution in [0.15, 0.2) is 24.3 Å². The zero-order valence-corrected chi connectivity index (χ0v) is 7.14. The van der Waals surface area contributed by atoms with Gasteiger partial charge in [0.15, 0.2) is 17.4 Å². The third kappa shape index (κ3) is 3.95. The molecule has 0 spiro atoms. The molecule has 0 aliphatic heterocycles. The van der Waals surface area contributed by atoms with E-state index in [-0.39, 0.29) is 17.4 Å². The number of rotatable bonds is 3. The molecule has 0 N–H and O–H groups in total. The molecule has 0 amide bonds. The van der Waals surface area contributed by atoms with E-state index in [1.807, 2.05) is 0 Å². The average molecular weight is 177 g/mol. The molecule has 0 aromatic heterocycles. The van der Waals surface area contributed by atoms with Gasteiger partial charge in [-0.3, -0.25) is 0 Å². The van der Waals surface area contributed by atoms with Crippen molar-refractivity contribution in [1.29, 1.82) is 0 Å². The predicted octanol–water partition coefficient (Wildman–Crippen LogP) is 1.97. The van der Waals surface area contributed by atoms with Crippen LogP contribution in [0, 0.1) is 13.8 Å². The third-order valence-electron chi connectivity index (χ3n) is 1.84. The quantitative estimate of drug-likeness (QED) is 0.619. The van der Waals surface area contributed by atoms with E-state index in [1.165, 1.54) is 24.0 Å². The van der Waals surface area contributed by atoms with Gasteiger partial charge in [-0.15, -0.1) is 0 Å². The number of hydrogen-bond donors (Lipinski definition) is 0. The first kappa shape index (κ1) is 11.8. The van der Waals surface area contributed by atoms with E-state index in [2.05, 4.69) is 38.1 Å². The summed E-state index contributed by atoms with van der Waals surface area (Å²) in [5, 5.41) is 0. The van der Waals surface area contributed by atoms with Crippen molar-refractivity contribution in [2.45, 2.75) is 26.2 Å². The Bertz CT molecular complexity index is 201. The van der Waals surface area contributed by atoms with Gasteiger partial charge >= 0.3 is 0 Å². The van der Waals surface area contributed by atoms with Crippen LogP contribution < -0.4 is 0 Å². The lowest BCUT2D eigenvalue weighted by Crippen LogP contribution is -1.83. The molecule has 1 rings (SSSR count). The minimum atomic E-state index is 0. The van der Waals surface area contributed by atoms with E-state index >= 15 is 0 Å². The van der Waals surface area contributed by atoms with Crippen LogP contribution in [0.2, 0.25) is 0 Å². The monoisotopic (exact) mass is 177 g/mol. The fourth-order valence-electron chi connectivity index (χ4n) is 1.08. The van der Waals surface area contributed by atoms with Crippen LogP contribution in [0.3, 0.4) is 0 Å². The average Bonchev–Trinajstić information content (AvgIpc) is 2.04. The van der Waals surface area contributed by atoms with E-state index in [1.54, 1.807) is 0 Å². The van der Waals surface area contributed by atoms with Crippen LogP contribution in [0.1, 0.15) is 24.0 Å². The molecule has 65 valence electrons. The van der Waals surface area contributed by atoms with Crippen molar-refractivity contribution in [3.63, 3.8) is 0 Å². The summed E-state index contributed by atoms with van der Waals surface area (Å²) >= 11 is 0. The minimum Gasteiger partial charge on any atom is -0.0591 e. The van der Waals surface area contributed by atoms with E-state index in [0.29, 0.717) is 0 Å². The van der Waals surface area contributed by atoms with Crippen LogP contribution in [0.25, 0.3) is 0 Å². The zero-order valence-electron chi connectivity index (χ0n) is 7.14. The highest BCUT2D eigenvalue weighted by Gasteiger charge is 1.90. The second-order valence-corrected chi connectivity index (χ2v) is 2.94. The van der Waals surface area contributed by atoms with Gasteiger partial charge in [0, 0.05) is 0 Å². The molecule has 0 aliphatic carbocycles. The Morgan fingerprint density at radius 3 is 2.25 bits per heavy atom. The van der Waals surface area contributed by atoms with Gasteiger partial charge in [-0.25, -0.2) is 0 Å². The van der Waals surface area contributed by atoms with Gasteiger partial charge in [0.05, 0.1) is 0 Å². The smallest absolute Gasteiger partial charge is 0.0591 e. The Morgan fingerprint density at radius 1 is 1.17 bits per heavy atom. The Labute approximate surface area is 86.1 Å². The predicted molar refractivity (Wildman–Crippen MR) is 59.4 cm³/mol. The van der Waals surface area contributed by atoms with E-state index < -0.39 is 0 Å². The molecule has 0 unspecified atom stereocenters. The van der Waals surface area contributed by atoms with Gasteiger partial charge in [-0.2, -0.15) is 0 Å². The summed E-state index contributed by atoms with van der Waals surface area (Å²) in [6, 6.07) is 8.73. The normalized spacial score (nSPS) is 9.17. The SMILES string of the molecule is [AlH3].[CH2]CCCc1ccc(C)cc1. The van der Waals surface area contributed by atoms with Gasteiger partial charge in [0.2, 0.25) is 0 Å². The first-order chi connectivity index (χ1) is 5.33. The number of benzene rings is 1. The summed E-state index contributed by atoms with van der Waals surface area (Å²) in [4.78, 5) is 0. The second kappa shape index (κ2) is 6.29. The zero-order chi connectivity index (χ0) is 8.10. The van der Waals surface area contributed by atoms with Gasteiger partial charge in [-0.05, 0) is 25.3 Å². The fourth-order valence-corrected chi connectivity index (χ4v) is 1.08. The molecule has 1 aromatic rings. The van der Waals surface area contributed by atoms with E-state index in [9.17, 15) is 0 Å². The summed E-state index contributed by atoms with van der Waals surface area (Å²) in [6.45, 7) is 5.93. The highest BCUT2D eigenvalue weighted by Crippen LogP contribution is 2.06. The Hall–Kier alpha value is -0.248. The Balaban J connectivity index is 0.00000121. The summed E-state index contributed by atoms with van der Waals surface area (Å²) in [5.41, 5.74) is 2.77. The molecule has 0 atom stereocenters. The molecule has 0 bridgehead atoms. The summed E-state index contributed by atoms with van der Waals surface area (Å²) in [7, 11) is 0. The van der Waals surface area contributed by atoms with Crippen LogP contribution in [0.5, 0.6) is 0 Å². The molecule has 0 aliphatic rings. The minimum absolute atomic E-state index is 0. The first-order valence-corrected chi connectivity index (χ1v) is 4.17. The van der Waals surface area contributed by atoms with Crippen molar-refractivity contribution < 1.29 is 0 Å². The number of aryl methyl sites for hydroxylation is 2. The van der Waals surface area contributed by atoms with Gasteiger partial charge < -0.3 is 0 Å². The molecule has 0 heterocycles. The summed E-state index contributed by atoms with van der Waals surface area (Å²) < 4.78 is 0. The van der Waals surface area contributed by atoms with Crippen molar-refractivity contribution in [2.75, 3.05) is 0 Å². The molecular weight excluding hydrogens is 159 g/mol. The van der Waals surface area contributed by atoms with Crippen molar-refractivity contribution in [3.8, 4) is 0 Å². The maximum Gasteiger partial charge on any atom is 0.187 e. The summed E-state index contributed by atoms with van der Waals surface area (Å²) in [6.07, 6.45) is 3.40. The maximum absolute atomic E-state index is 3.82. The molecule has 0 saturated carbocycles. The van der Waals surface area contributed by atoms with Crippen LogP contribution in [-0.2, 0) is 6.42 Å². The number of hydrogen-bond acceptors (Lipinski definition) is 0. The molecule has 1 heteroatoms. The molecular formula is C11H18Al. The lowest BCUT2D eigenvalue weighted by Gasteiger charge is -1.98. The van der Waals surface area contributed by atoms with E-state index in [4.69, 9.17) is 0 Å². The van der Waals surface area contributed by atoms with Crippen LogP contribution >= 0.6 is 0 Å². The Kier molecular flexibility index (Phi) is 6.16. The van der Waals surface area contributed by atoms with Crippen LogP contribution in [0.4, 0.5) is 0 Å². The molecule has 0 nitrogen and oxygen atoms in total. The Morgan fingerprint density at radius 2 is 1.75 bits per heavy atom. The fraction of sp³-hybridized carbons (Fsp3) is 0.364. The van der Waals surface area contributed by atoms with Crippen molar-refractivity contribution in [3.05, 3.63) is 42.3 Å². The number of unbranched alkanes of at least 4 members (excludes halogenated alkanes) is 1. The van der Waals surface area contributed by atoms with Crippen LogP contribution in [-0.4, -0.2) is 17.4 Å². The lowest BCUT2D eigenvalue weighted by molar-refractivity contribution is 0.840. The largest absolute Gasteiger partial charge is 0.187 e. The maximum atomic E-state index is 3.82.